The first-order chi connectivity index (χ1) is 9.11. The molecule has 19 heavy (non-hydrogen) atoms. The summed E-state index contributed by atoms with van der Waals surface area (Å²) < 4.78 is 5.55. The molecule has 1 aliphatic rings. The van der Waals surface area contributed by atoms with Gasteiger partial charge in [0.05, 0.1) is 12.1 Å². The van der Waals surface area contributed by atoms with E-state index in [9.17, 15) is 4.79 Å². The van der Waals surface area contributed by atoms with Crippen molar-refractivity contribution in [2.75, 3.05) is 18.5 Å². The summed E-state index contributed by atoms with van der Waals surface area (Å²) in [6.45, 7) is 7.48. The molecule has 1 aromatic carbocycles. The van der Waals surface area contributed by atoms with Gasteiger partial charge in [-0.2, -0.15) is 0 Å². The summed E-state index contributed by atoms with van der Waals surface area (Å²) in [4.78, 5) is 11.8. The number of rotatable bonds is 4. The number of carbonyl (C=O) groups is 1. The summed E-state index contributed by atoms with van der Waals surface area (Å²) >= 11 is 0. The van der Waals surface area contributed by atoms with Crippen LogP contribution in [0.3, 0.4) is 0 Å². The number of ether oxygens (including phenoxy) is 1. The van der Waals surface area contributed by atoms with E-state index in [1.165, 1.54) is 0 Å². The summed E-state index contributed by atoms with van der Waals surface area (Å²) in [6, 6.07) is 6.09. The molecule has 0 radical (unpaired) electrons. The van der Waals surface area contributed by atoms with Crippen LogP contribution in [0.2, 0.25) is 0 Å². The molecule has 2 rings (SSSR count). The van der Waals surface area contributed by atoms with E-state index >= 15 is 0 Å². The summed E-state index contributed by atoms with van der Waals surface area (Å²) in [5.41, 5.74) is 2.86. The van der Waals surface area contributed by atoms with Gasteiger partial charge in [0.15, 0.2) is 0 Å². The number of hydrogen-bond acceptors (Lipinski definition) is 3. The molecule has 0 aliphatic carbocycles. The molecule has 1 aromatic rings. The molecule has 1 fully saturated rings. The molecule has 0 aromatic heterocycles. The molecule has 1 heterocycles. The van der Waals surface area contributed by atoms with Gasteiger partial charge in [0, 0.05) is 24.4 Å². The topological polar surface area (TPSA) is 50.4 Å². The van der Waals surface area contributed by atoms with E-state index in [0.717, 1.165) is 24.3 Å². The van der Waals surface area contributed by atoms with Gasteiger partial charge in [-0.15, -0.1) is 0 Å². The Hall–Kier alpha value is -1.55. The first-order valence-electron chi connectivity index (χ1n) is 6.88. The van der Waals surface area contributed by atoms with Crippen molar-refractivity contribution >= 4 is 11.6 Å². The zero-order valence-corrected chi connectivity index (χ0v) is 11.8. The van der Waals surface area contributed by atoms with Crippen LogP contribution < -0.4 is 10.6 Å². The van der Waals surface area contributed by atoms with Gasteiger partial charge in [-0.05, 0) is 44.9 Å². The van der Waals surface area contributed by atoms with Crippen molar-refractivity contribution in [2.24, 2.45) is 0 Å². The van der Waals surface area contributed by atoms with Crippen molar-refractivity contribution in [2.45, 2.75) is 39.3 Å². The molecule has 104 valence electrons. The van der Waals surface area contributed by atoms with Crippen molar-refractivity contribution in [1.29, 1.82) is 0 Å². The molecule has 4 nitrogen and oxygen atoms in total. The van der Waals surface area contributed by atoms with Crippen molar-refractivity contribution in [3.05, 3.63) is 29.3 Å². The minimum atomic E-state index is -0.0266. The van der Waals surface area contributed by atoms with Crippen LogP contribution in [0.1, 0.15) is 36.2 Å². The lowest BCUT2D eigenvalue weighted by Gasteiger charge is -2.19. The van der Waals surface area contributed by atoms with Crippen LogP contribution >= 0.6 is 0 Å². The summed E-state index contributed by atoms with van der Waals surface area (Å²) in [5.74, 6) is -0.0266. The second-order valence-electron chi connectivity index (χ2n) is 5.00. The van der Waals surface area contributed by atoms with Crippen LogP contribution in [0, 0.1) is 6.92 Å². The minimum absolute atomic E-state index is 0.0266. The lowest BCUT2D eigenvalue weighted by molar-refractivity contribution is 0.0956. The SMILES string of the molecule is CCNC(=O)c1ccc(C)c(NC2CCOC2C)c1. The van der Waals surface area contributed by atoms with Gasteiger partial charge in [-0.25, -0.2) is 0 Å². The fourth-order valence-corrected chi connectivity index (χ4v) is 2.30. The largest absolute Gasteiger partial charge is 0.379 e. The average Bonchev–Trinajstić information content (AvgIpc) is 2.78. The number of hydrogen-bond donors (Lipinski definition) is 2. The quantitative estimate of drug-likeness (QED) is 0.875. The molecule has 2 unspecified atom stereocenters. The van der Waals surface area contributed by atoms with Gasteiger partial charge >= 0.3 is 0 Å². The number of amides is 1. The van der Waals surface area contributed by atoms with Crippen LogP contribution in [0.25, 0.3) is 0 Å². The van der Waals surface area contributed by atoms with Crippen LogP contribution in [-0.4, -0.2) is 31.2 Å². The normalized spacial score (nSPS) is 22.3. The fraction of sp³-hybridized carbons (Fsp3) is 0.533. The molecule has 1 amide bonds. The number of nitrogens with one attached hydrogen (secondary N) is 2. The van der Waals surface area contributed by atoms with E-state index < -0.39 is 0 Å². The Morgan fingerprint density at radius 3 is 2.89 bits per heavy atom. The monoisotopic (exact) mass is 262 g/mol. The maximum atomic E-state index is 11.8. The number of anilines is 1. The van der Waals surface area contributed by atoms with Gasteiger partial charge in [0.1, 0.15) is 0 Å². The summed E-state index contributed by atoms with van der Waals surface area (Å²) in [7, 11) is 0. The number of carbonyl (C=O) groups excluding carboxylic acids is 1. The summed E-state index contributed by atoms with van der Waals surface area (Å²) in [5, 5.41) is 6.31. The smallest absolute Gasteiger partial charge is 0.251 e. The van der Waals surface area contributed by atoms with E-state index in [1.54, 1.807) is 0 Å². The maximum Gasteiger partial charge on any atom is 0.251 e. The van der Waals surface area contributed by atoms with Gasteiger partial charge in [-0.3, -0.25) is 4.79 Å². The average molecular weight is 262 g/mol. The molecule has 1 aliphatic heterocycles. The molecule has 2 atom stereocenters. The van der Waals surface area contributed by atoms with Crippen LogP contribution in [0.4, 0.5) is 5.69 Å². The van der Waals surface area contributed by atoms with Gasteiger partial charge in [0.25, 0.3) is 5.91 Å². The molecule has 4 heteroatoms. The van der Waals surface area contributed by atoms with Gasteiger partial charge in [0.2, 0.25) is 0 Å². The van der Waals surface area contributed by atoms with E-state index in [-0.39, 0.29) is 12.0 Å². The van der Waals surface area contributed by atoms with Crippen molar-refractivity contribution < 1.29 is 9.53 Å². The molecule has 1 saturated heterocycles. The lowest BCUT2D eigenvalue weighted by atomic mass is 10.1. The number of aryl methyl sites for hydroxylation is 1. The van der Waals surface area contributed by atoms with Crippen molar-refractivity contribution in [1.82, 2.24) is 5.32 Å². The molecular formula is C15H22N2O2. The second kappa shape index (κ2) is 6.06. The molecule has 2 N–H and O–H groups in total. The third-order valence-corrected chi connectivity index (χ3v) is 3.55. The van der Waals surface area contributed by atoms with Crippen molar-refractivity contribution in [3.8, 4) is 0 Å². The minimum Gasteiger partial charge on any atom is -0.379 e. The zero-order valence-electron chi connectivity index (χ0n) is 11.8. The molecule has 0 saturated carbocycles. The third kappa shape index (κ3) is 3.26. The Bertz CT molecular complexity index is 459. The standard InChI is InChI=1S/C15H22N2O2/c1-4-16-15(18)12-6-5-10(2)14(9-12)17-13-7-8-19-11(13)3/h5-6,9,11,13,17H,4,7-8H2,1-3H3,(H,16,18). The molecule has 0 spiro atoms. The van der Waals surface area contributed by atoms with Crippen LogP contribution in [0.15, 0.2) is 18.2 Å². The molecular weight excluding hydrogens is 240 g/mol. The predicted octanol–water partition coefficient (Wildman–Crippen LogP) is 2.33. The van der Waals surface area contributed by atoms with E-state index in [0.29, 0.717) is 18.2 Å². The van der Waals surface area contributed by atoms with E-state index in [4.69, 9.17) is 4.74 Å². The Morgan fingerprint density at radius 1 is 1.47 bits per heavy atom. The summed E-state index contributed by atoms with van der Waals surface area (Å²) in [6.07, 6.45) is 1.22. The van der Waals surface area contributed by atoms with Crippen LogP contribution in [0.5, 0.6) is 0 Å². The first-order valence-corrected chi connectivity index (χ1v) is 6.88. The molecule has 0 bridgehead atoms. The van der Waals surface area contributed by atoms with Crippen LogP contribution in [-0.2, 0) is 4.74 Å². The Balaban J connectivity index is 2.15. The fourth-order valence-electron chi connectivity index (χ4n) is 2.30. The van der Waals surface area contributed by atoms with Crippen molar-refractivity contribution in [3.63, 3.8) is 0 Å². The Morgan fingerprint density at radius 2 is 2.26 bits per heavy atom. The van der Waals surface area contributed by atoms with Gasteiger partial charge in [-0.1, -0.05) is 6.07 Å². The van der Waals surface area contributed by atoms with E-state index in [1.807, 2.05) is 32.0 Å². The highest BCUT2D eigenvalue weighted by Crippen LogP contribution is 2.22. The lowest BCUT2D eigenvalue weighted by Crippen LogP contribution is -2.27. The highest BCUT2D eigenvalue weighted by atomic mass is 16.5. The second-order valence-corrected chi connectivity index (χ2v) is 5.00. The third-order valence-electron chi connectivity index (χ3n) is 3.55. The highest BCUT2D eigenvalue weighted by Gasteiger charge is 2.24. The first kappa shape index (κ1) is 13.9. The Labute approximate surface area is 114 Å². The van der Waals surface area contributed by atoms with Gasteiger partial charge < -0.3 is 15.4 Å². The van der Waals surface area contributed by atoms with E-state index in [2.05, 4.69) is 17.6 Å². The zero-order chi connectivity index (χ0) is 13.8. The Kier molecular flexibility index (Phi) is 4.43. The predicted molar refractivity (Wildman–Crippen MR) is 76.6 cm³/mol. The highest BCUT2D eigenvalue weighted by molar-refractivity contribution is 5.95. The number of benzene rings is 1. The maximum absolute atomic E-state index is 11.8.